The second-order valence-electron chi connectivity index (χ2n) is 6.55. The molecule has 1 fully saturated rings. The van der Waals surface area contributed by atoms with Gasteiger partial charge in [-0.3, -0.25) is 14.6 Å². The van der Waals surface area contributed by atoms with Crippen LogP contribution < -0.4 is 10.6 Å². The Hall–Kier alpha value is -2.57. The molecule has 1 aliphatic heterocycles. The van der Waals surface area contributed by atoms with Gasteiger partial charge in [-0.2, -0.15) is 0 Å². The van der Waals surface area contributed by atoms with E-state index < -0.39 is 0 Å². The van der Waals surface area contributed by atoms with E-state index in [1.807, 2.05) is 25.1 Å². The quantitative estimate of drug-likeness (QED) is 0.447. The van der Waals surface area contributed by atoms with Crippen LogP contribution in [0.1, 0.15) is 35.7 Å². The molecule has 7 heteroatoms. The number of rotatable bonds is 6. The number of amides is 1. The van der Waals surface area contributed by atoms with E-state index in [2.05, 4.69) is 15.5 Å². The van der Waals surface area contributed by atoms with Gasteiger partial charge in [-0.25, -0.2) is 0 Å². The number of aliphatic imine (C=N–C) groups is 1. The van der Waals surface area contributed by atoms with Crippen LogP contribution in [0.25, 0.3) is 0 Å². The van der Waals surface area contributed by atoms with E-state index in [0.717, 1.165) is 50.4 Å². The molecule has 0 saturated carbocycles. The van der Waals surface area contributed by atoms with Crippen molar-refractivity contribution in [1.29, 1.82) is 0 Å². The van der Waals surface area contributed by atoms with Gasteiger partial charge < -0.3 is 20.3 Å². The summed E-state index contributed by atoms with van der Waals surface area (Å²) in [4.78, 5) is 30.4. The monoisotopic (exact) mass is 374 g/mol. The molecule has 1 amide bonds. The van der Waals surface area contributed by atoms with Gasteiger partial charge in [0.15, 0.2) is 5.96 Å². The van der Waals surface area contributed by atoms with Crippen molar-refractivity contribution in [3.63, 3.8) is 0 Å². The molecule has 7 nitrogen and oxygen atoms in total. The predicted octanol–water partition coefficient (Wildman–Crippen LogP) is 1.44. The summed E-state index contributed by atoms with van der Waals surface area (Å²) in [7, 11) is 3.07. The van der Waals surface area contributed by atoms with Crippen molar-refractivity contribution in [2.75, 3.05) is 40.3 Å². The van der Waals surface area contributed by atoms with E-state index in [1.54, 1.807) is 13.1 Å². The maximum Gasteiger partial charge on any atom is 0.308 e. The Bertz CT molecular complexity index is 667. The molecule has 0 aliphatic carbocycles. The zero-order chi connectivity index (χ0) is 19.6. The third-order valence-electron chi connectivity index (χ3n) is 4.74. The Morgan fingerprint density at radius 3 is 2.67 bits per heavy atom. The third kappa shape index (κ3) is 5.98. The van der Waals surface area contributed by atoms with Crippen LogP contribution >= 0.6 is 0 Å². The smallest absolute Gasteiger partial charge is 0.308 e. The molecule has 1 heterocycles. The van der Waals surface area contributed by atoms with Crippen molar-refractivity contribution in [3.05, 3.63) is 35.4 Å². The average molecular weight is 374 g/mol. The molecular formula is C20H30N4O3. The average Bonchev–Trinajstić information content (AvgIpc) is 2.72. The van der Waals surface area contributed by atoms with E-state index in [-0.39, 0.29) is 17.8 Å². The van der Waals surface area contributed by atoms with Crippen LogP contribution in [0, 0.1) is 5.92 Å². The SMILES string of the molecule is CCNC(=NCCc1cccc(C(=O)NC)c1)N1CCC(C(=O)OC)CC1. The van der Waals surface area contributed by atoms with Crippen LogP contribution in [0.4, 0.5) is 0 Å². The number of carbonyl (C=O) groups excluding carboxylic acids is 2. The lowest BCUT2D eigenvalue weighted by Crippen LogP contribution is -2.46. The van der Waals surface area contributed by atoms with E-state index in [0.29, 0.717) is 12.1 Å². The van der Waals surface area contributed by atoms with Crippen molar-refractivity contribution < 1.29 is 14.3 Å². The molecule has 1 aromatic rings. The lowest BCUT2D eigenvalue weighted by Gasteiger charge is -2.33. The van der Waals surface area contributed by atoms with Crippen LogP contribution in [0.15, 0.2) is 29.3 Å². The van der Waals surface area contributed by atoms with Crippen molar-refractivity contribution in [3.8, 4) is 0 Å². The van der Waals surface area contributed by atoms with Crippen LogP contribution in [0.5, 0.6) is 0 Å². The van der Waals surface area contributed by atoms with Gasteiger partial charge >= 0.3 is 5.97 Å². The van der Waals surface area contributed by atoms with Gasteiger partial charge in [-0.05, 0) is 43.9 Å². The lowest BCUT2D eigenvalue weighted by atomic mass is 9.97. The standard InChI is InChI=1S/C20H30N4O3/c1-4-22-20(24-12-9-16(10-13-24)19(26)27-3)23-11-8-15-6-5-7-17(14-15)18(25)21-2/h5-7,14,16H,4,8-13H2,1-3H3,(H,21,25)(H,22,23). The summed E-state index contributed by atoms with van der Waals surface area (Å²) in [6.45, 7) is 5.05. The number of carbonyl (C=O) groups is 2. The zero-order valence-corrected chi connectivity index (χ0v) is 16.5. The molecule has 1 saturated heterocycles. The molecule has 27 heavy (non-hydrogen) atoms. The second-order valence-corrected chi connectivity index (χ2v) is 6.55. The van der Waals surface area contributed by atoms with Crippen LogP contribution in [-0.4, -0.2) is 63.1 Å². The van der Waals surface area contributed by atoms with Crippen LogP contribution in [0.3, 0.4) is 0 Å². The largest absolute Gasteiger partial charge is 0.469 e. The Kier molecular flexibility index (Phi) is 8.10. The molecule has 1 aliphatic rings. The molecule has 1 aromatic carbocycles. The number of benzene rings is 1. The van der Waals surface area contributed by atoms with Gasteiger partial charge in [0.1, 0.15) is 0 Å². The Morgan fingerprint density at radius 2 is 2.04 bits per heavy atom. The first-order valence-corrected chi connectivity index (χ1v) is 9.51. The van der Waals surface area contributed by atoms with E-state index in [9.17, 15) is 9.59 Å². The maximum absolute atomic E-state index is 11.7. The van der Waals surface area contributed by atoms with Crippen LogP contribution in [-0.2, 0) is 16.0 Å². The summed E-state index contributed by atoms with van der Waals surface area (Å²) in [5.74, 6) is 0.666. The molecule has 148 valence electrons. The molecule has 0 bridgehead atoms. The Morgan fingerprint density at radius 1 is 1.30 bits per heavy atom. The summed E-state index contributed by atoms with van der Waals surface area (Å²) >= 11 is 0. The first-order valence-electron chi connectivity index (χ1n) is 9.51. The first kappa shape index (κ1) is 20.7. The highest BCUT2D eigenvalue weighted by atomic mass is 16.5. The summed E-state index contributed by atoms with van der Waals surface area (Å²) in [6, 6.07) is 7.62. The number of esters is 1. The van der Waals surface area contributed by atoms with Crippen molar-refractivity contribution in [1.82, 2.24) is 15.5 Å². The van der Waals surface area contributed by atoms with Crippen molar-refractivity contribution in [2.24, 2.45) is 10.9 Å². The van der Waals surface area contributed by atoms with Gasteiger partial charge in [-0.15, -0.1) is 0 Å². The summed E-state index contributed by atoms with van der Waals surface area (Å²) in [5.41, 5.74) is 1.75. The minimum absolute atomic E-state index is 0.0124. The third-order valence-corrected chi connectivity index (χ3v) is 4.74. The number of ether oxygens (including phenoxy) is 1. The Labute approximate surface area is 161 Å². The fourth-order valence-electron chi connectivity index (χ4n) is 3.22. The minimum atomic E-state index is -0.118. The highest BCUT2D eigenvalue weighted by molar-refractivity contribution is 5.94. The number of guanidine groups is 1. The fourth-order valence-corrected chi connectivity index (χ4v) is 3.22. The van der Waals surface area contributed by atoms with E-state index in [1.165, 1.54) is 7.11 Å². The van der Waals surface area contributed by atoms with Crippen molar-refractivity contribution >= 4 is 17.8 Å². The first-order chi connectivity index (χ1) is 13.1. The zero-order valence-electron chi connectivity index (χ0n) is 16.5. The molecule has 0 spiro atoms. The molecule has 0 radical (unpaired) electrons. The Balaban J connectivity index is 1.94. The molecule has 0 aromatic heterocycles. The van der Waals surface area contributed by atoms with Gasteiger partial charge in [0.05, 0.1) is 13.0 Å². The number of methoxy groups -OCH3 is 1. The number of nitrogens with one attached hydrogen (secondary N) is 2. The maximum atomic E-state index is 11.7. The van der Waals surface area contributed by atoms with Gasteiger partial charge in [0, 0.05) is 38.8 Å². The van der Waals surface area contributed by atoms with Gasteiger partial charge in [0.2, 0.25) is 0 Å². The highest BCUT2D eigenvalue weighted by Gasteiger charge is 2.26. The van der Waals surface area contributed by atoms with Gasteiger partial charge in [-0.1, -0.05) is 12.1 Å². The molecule has 0 atom stereocenters. The fraction of sp³-hybridized carbons (Fsp3) is 0.550. The van der Waals surface area contributed by atoms with Crippen LogP contribution in [0.2, 0.25) is 0 Å². The molecule has 0 unspecified atom stereocenters. The molecule has 2 N–H and O–H groups in total. The van der Waals surface area contributed by atoms with E-state index >= 15 is 0 Å². The number of hydrogen-bond acceptors (Lipinski definition) is 4. The normalized spacial score (nSPS) is 15.4. The number of nitrogens with zero attached hydrogens (tertiary/aromatic N) is 2. The highest BCUT2D eigenvalue weighted by Crippen LogP contribution is 2.18. The number of piperidine rings is 1. The summed E-state index contributed by atoms with van der Waals surface area (Å²) in [6.07, 6.45) is 2.33. The number of likely N-dealkylation sites (tertiary alicyclic amines) is 1. The lowest BCUT2D eigenvalue weighted by molar-refractivity contribution is -0.146. The molecule has 2 rings (SSSR count). The molecular weight excluding hydrogens is 344 g/mol. The summed E-state index contributed by atoms with van der Waals surface area (Å²) in [5, 5.41) is 5.97. The second kappa shape index (κ2) is 10.5. The summed E-state index contributed by atoms with van der Waals surface area (Å²) < 4.78 is 4.85. The topological polar surface area (TPSA) is 83.0 Å². The predicted molar refractivity (Wildman–Crippen MR) is 106 cm³/mol. The van der Waals surface area contributed by atoms with Gasteiger partial charge in [0.25, 0.3) is 5.91 Å². The van der Waals surface area contributed by atoms with E-state index in [4.69, 9.17) is 9.73 Å². The van der Waals surface area contributed by atoms with Crippen molar-refractivity contribution in [2.45, 2.75) is 26.2 Å². The number of hydrogen-bond donors (Lipinski definition) is 2. The minimum Gasteiger partial charge on any atom is -0.469 e.